The van der Waals surface area contributed by atoms with Crippen LogP contribution in [0.5, 0.6) is 0 Å². The van der Waals surface area contributed by atoms with E-state index in [9.17, 15) is 4.79 Å². The summed E-state index contributed by atoms with van der Waals surface area (Å²) in [4.78, 5) is 23.8. The number of amides is 1. The van der Waals surface area contributed by atoms with Gasteiger partial charge in [0.1, 0.15) is 0 Å². The highest BCUT2D eigenvalue weighted by Crippen LogP contribution is 2.23. The maximum Gasteiger partial charge on any atom is 0.256 e. The fraction of sp³-hybridized carbons (Fsp3) is 0.318. The van der Waals surface area contributed by atoms with Crippen molar-refractivity contribution >= 4 is 45.4 Å². The largest absolute Gasteiger partial charge is 0.357 e. The molecule has 0 aliphatic carbocycles. The molecule has 0 bridgehead atoms. The average molecular weight is 441 g/mol. The summed E-state index contributed by atoms with van der Waals surface area (Å²) < 4.78 is 1.03. The van der Waals surface area contributed by atoms with Gasteiger partial charge >= 0.3 is 0 Å². The fourth-order valence-electron chi connectivity index (χ4n) is 3.89. The first kappa shape index (κ1) is 19.0. The van der Waals surface area contributed by atoms with Crippen LogP contribution in [-0.2, 0) is 6.54 Å². The molecule has 0 atom stereocenters. The predicted molar refractivity (Wildman–Crippen MR) is 118 cm³/mol. The molecule has 1 aliphatic heterocycles. The Morgan fingerprint density at radius 1 is 1.25 bits per heavy atom. The van der Waals surface area contributed by atoms with E-state index in [0.717, 1.165) is 69.1 Å². The van der Waals surface area contributed by atoms with E-state index >= 15 is 0 Å². The van der Waals surface area contributed by atoms with E-state index in [2.05, 4.69) is 63.4 Å². The molecule has 146 valence electrons. The second-order valence-electron chi connectivity index (χ2n) is 7.22. The first-order valence-electron chi connectivity index (χ1n) is 9.71. The molecular weight excluding hydrogens is 416 g/mol. The Balaban J connectivity index is 1.60. The van der Waals surface area contributed by atoms with Crippen LogP contribution < -0.4 is 10.6 Å². The number of halogens is 1. The lowest BCUT2D eigenvalue weighted by Crippen LogP contribution is -2.35. The topological polar surface area (TPSA) is 55.1 Å². The zero-order valence-corrected chi connectivity index (χ0v) is 17.9. The maximum absolute atomic E-state index is 12.8. The molecule has 6 heteroatoms. The standard InChI is InChI=1S/C22H25BrN4O/c1-4-26(5-2)8-9-27-13-21-19(22(27)28)12-16(25-21)11-17-14(3)24-20-7-6-15(23)10-18(17)20/h6-7,10-12,24-25H,3-5,8-9,13H2,1-2H3/b17-11+. The second kappa shape index (κ2) is 7.60. The molecule has 0 fully saturated rings. The van der Waals surface area contributed by atoms with Crippen LogP contribution in [0, 0.1) is 0 Å². The molecule has 3 aromatic rings. The number of nitrogens with zero attached hydrogens (tertiary/aromatic N) is 2. The van der Waals surface area contributed by atoms with Crippen LogP contribution in [0.4, 0.5) is 0 Å². The van der Waals surface area contributed by atoms with Crippen LogP contribution in [0.2, 0.25) is 0 Å². The number of aromatic amines is 2. The van der Waals surface area contributed by atoms with E-state index in [1.54, 1.807) is 0 Å². The molecule has 1 aromatic carbocycles. The van der Waals surface area contributed by atoms with Crippen molar-refractivity contribution < 1.29 is 4.79 Å². The molecule has 0 saturated heterocycles. The van der Waals surface area contributed by atoms with E-state index in [-0.39, 0.29) is 5.91 Å². The Hall–Kier alpha value is -2.31. The van der Waals surface area contributed by atoms with Crippen molar-refractivity contribution in [2.75, 3.05) is 26.2 Å². The van der Waals surface area contributed by atoms with Crippen LogP contribution in [0.25, 0.3) is 23.6 Å². The third kappa shape index (κ3) is 3.42. The summed E-state index contributed by atoms with van der Waals surface area (Å²) in [6.07, 6.45) is 2.07. The van der Waals surface area contributed by atoms with Gasteiger partial charge in [-0.3, -0.25) is 4.79 Å². The van der Waals surface area contributed by atoms with E-state index in [4.69, 9.17) is 0 Å². The van der Waals surface area contributed by atoms with Gasteiger partial charge in [0, 0.05) is 50.4 Å². The van der Waals surface area contributed by atoms with E-state index < -0.39 is 0 Å². The molecule has 4 rings (SSSR count). The fourth-order valence-corrected chi connectivity index (χ4v) is 4.25. The van der Waals surface area contributed by atoms with Crippen molar-refractivity contribution in [1.82, 2.24) is 19.8 Å². The first-order chi connectivity index (χ1) is 13.5. The molecular formula is C22H25BrN4O. The molecule has 28 heavy (non-hydrogen) atoms. The van der Waals surface area contributed by atoms with Crippen molar-refractivity contribution in [1.29, 1.82) is 0 Å². The summed E-state index contributed by atoms with van der Waals surface area (Å²) in [7, 11) is 0. The highest BCUT2D eigenvalue weighted by Gasteiger charge is 2.29. The first-order valence-corrected chi connectivity index (χ1v) is 10.5. The highest BCUT2D eigenvalue weighted by atomic mass is 79.9. The average Bonchev–Trinajstić information content (AvgIpc) is 3.30. The SMILES string of the molecule is C=c1[nH]c2ccc(Br)cc2/c1=C/c1cc2c([nH]1)CN(CCN(CC)CC)C2=O. The lowest BCUT2D eigenvalue weighted by Gasteiger charge is -2.22. The van der Waals surface area contributed by atoms with Crippen LogP contribution >= 0.6 is 15.9 Å². The molecule has 3 heterocycles. The maximum atomic E-state index is 12.8. The molecule has 0 saturated carbocycles. The van der Waals surface area contributed by atoms with Gasteiger partial charge in [0.15, 0.2) is 0 Å². The lowest BCUT2D eigenvalue weighted by molar-refractivity contribution is 0.0759. The Bertz CT molecular complexity index is 1140. The molecule has 0 spiro atoms. The van der Waals surface area contributed by atoms with Gasteiger partial charge in [0.2, 0.25) is 0 Å². The van der Waals surface area contributed by atoms with Crippen LogP contribution in [0.1, 0.15) is 35.6 Å². The molecule has 1 amide bonds. The van der Waals surface area contributed by atoms with Gasteiger partial charge in [-0.15, -0.1) is 0 Å². The molecule has 0 unspecified atom stereocenters. The number of hydrogen-bond acceptors (Lipinski definition) is 2. The van der Waals surface area contributed by atoms with Crippen molar-refractivity contribution in [3.05, 3.63) is 56.3 Å². The Morgan fingerprint density at radius 3 is 2.75 bits per heavy atom. The summed E-state index contributed by atoms with van der Waals surface area (Å²) in [6, 6.07) is 8.10. The molecule has 2 aromatic heterocycles. The van der Waals surface area contributed by atoms with Crippen molar-refractivity contribution in [3.63, 3.8) is 0 Å². The number of carbonyl (C=O) groups is 1. The van der Waals surface area contributed by atoms with Gasteiger partial charge in [-0.05, 0) is 43.4 Å². The van der Waals surface area contributed by atoms with Gasteiger partial charge in [0.25, 0.3) is 5.91 Å². The molecule has 1 aliphatic rings. The smallest absolute Gasteiger partial charge is 0.256 e. The number of benzene rings is 1. The Labute approximate surface area is 172 Å². The summed E-state index contributed by atoms with van der Waals surface area (Å²) in [5.41, 5.74) is 3.78. The Morgan fingerprint density at radius 2 is 2.04 bits per heavy atom. The van der Waals surface area contributed by atoms with E-state index in [0.29, 0.717) is 6.54 Å². The third-order valence-corrected chi connectivity index (χ3v) is 6.04. The number of aromatic nitrogens is 2. The van der Waals surface area contributed by atoms with Crippen LogP contribution in [0.15, 0.2) is 28.7 Å². The second-order valence-corrected chi connectivity index (χ2v) is 8.14. The van der Waals surface area contributed by atoms with Crippen LogP contribution in [-0.4, -0.2) is 51.9 Å². The van der Waals surface area contributed by atoms with E-state index in [1.807, 2.05) is 23.1 Å². The number of hydrogen-bond donors (Lipinski definition) is 2. The number of likely N-dealkylation sites (N-methyl/N-ethyl adjacent to an activating group) is 1. The third-order valence-electron chi connectivity index (χ3n) is 5.55. The molecule has 5 nitrogen and oxygen atoms in total. The van der Waals surface area contributed by atoms with Gasteiger partial charge in [-0.2, -0.15) is 0 Å². The number of rotatable bonds is 6. The summed E-state index contributed by atoms with van der Waals surface area (Å²) in [5.74, 6) is 0.120. The number of H-pyrrole nitrogens is 2. The minimum Gasteiger partial charge on any atom is -0.357 e. The predicted octanol–water partition coefficient (Wildman–Crippen LogP) is 2.80. The normalized spacial score (nSPS) is 14.6. The summed E-state index contributed by atoms with van der Waals surface area (Å²) >= 11 is 3.54. The summed E-state index contributed by atoms with van der Waals surface area (Å²) in [6.45, 7) is 12.8. The Kier molecular flexibility index (Phi) is 5.17. The van der Waals surface area contributed by atoms with Gasteiger partial charge in [0.05, 0.1) is 12.1 Å². The van der Waals surface area contributed by atoms with E-state index in [1.165, 1.54) is 0 Å². The summed E-state index contributed by atoms with van der Waals surface area (Å²) in [5, 5.41) is 3.03. The number of nitrogens with one attached hydrogen (secondary N) is 2. The minimum atomic E-state index is 0.120. The van der Waals surface area contributed by atoms with Crippen LogP contribution in [0.3, 0.4) is 0 Å². The number of fused-ring (bicyclic) bond motifs is 2. The lowest BCUT2D eigenvalue weighted by atomic mass is 10.2. The highest BCUT2D eigenvalue weighted by molar-refractivity contribution is 9.10. The van der Waals surface area contributed by atoms with Crippen molar-refractivity contribution in [3.8, 4) is 0 Å². The zero-order chi connectivity index (χ0) is 19.8. The molecule has 2 N–H and O–H groups in total. The monoisotopic (exact) mass is 440 g/mol. The zero-order valence-electron chi connectivity index (χ0n) is 16.3. The van der Waals surface area contributed by atoms with Crippen molar-refractivity contribution in [2.45, 2.75) is 20.4 Å². The number of carbonyl (C=O) groups excluding carboxylic acids is 1. The molecule has 0 radical (unpaired) electrons. The minimum absolute atomic E-state index is 0.120. The van der Waals surface area contributed by atoms with Gasteiger partial charge < -0.3 is 19.8 Å². The van der Waals surface area contributed by atoms with Gasteiger partial charge in [-0.25, -0.2) is 0 Å². The quantitative estimate of drug-likeness (QED) is 0.618. The van der Waals surface area contributed by atoms with Gasteiger partial charge in [-0.1, -0.05) is 36.4 Å². The van der Waals surface area contributed by atoms with Crippen molar-refractivity contribution in [2.24, 2.45) is 0 Å².